The summed E-state index contributed by atoms with van der Waals surface area (Å²) in [5.41, 5.74) is 1.89. The van der Waals surface area contributed by atoms with Gasteiger partial charge in [-0.2, -0.15) is 0 Å². The predicted molar refractivity (Wildman–Crippen MR) is 49.8 cm³/mol. The van der Waals surface area contributed by atoms with Gasteiger partial charge in [-0.25, -0.2) is 0 Å². The van der Waals surface area contributed by atoms with E-state index < -0.39 is 0 Å². The van der Waals surface area contributed by atoms with Crippen molar-refractivity contribution in [2.45, 2.75) is 0 Å². The van der Waals surface area contributed by atoms with Crippen molar-refractivity contribution >= 4 is 45.1 Å². The molecule has 0 aliphatic heterocycles. The minimum Gasteiger partial charge on any atom is -0.333 e. The molecule has 0 saturated carbocycles. The van der Waals surface area contributed by atoms with Gasteiger partial charge in [-0.1, -0.05) is 41.9 Å². The Balaban J connectivity index is 3.17. The molecule has 0 amide bonds. The van der Waals surface area contributed by atoms with Crippen molar-refractivity contribution in [1.29, 1.82) is 0 Å². The molecule has 1 rings (SSSR count). The van der Waals surface area contributed by atoms with Crippen LogP contribution < -0.4 is 15.6 Å². The third-order valence-electron chi connectivity index (χ3n) is 1.24. The lowest BCUT2D eigenvalue weighted by Crippen LogP contribution is -2.18. The van der Waals surface area contributed by atoms with Crippen LogP contribution in [0.2, 0.25) is 0 Å². The maximum atomic E-state index is 5.54. The molecule has 0 aliphatic rings. The Morgan fingerprint density at radius 1 is 1.20 bits per heavy atom. The molecule has 0 spiro atoms. The zero-order chi connectivity index (χ0) is 7.56. The Bertz CT molecular complexity index is 219. The van der Waals surface area contributed by atoms with Crippen molar-refractivity contribution in [3.05, 3.63) is 18.2 Å². The number of nitrogens with one attached hydrogen (secondary N) is 1. The summed E-state index contributed by atoms with van der Waals surface area (Å²) < 4.78 is 2.61. The Morgan fingerprint density at radius 3 is 2.00 bits per heavy atom. The van der Waals surface area contributed by atoms with Crippen LogP contribution in [0.25, 0.3) is 0 Å². The van der Waals surface area contributed by atoms with E-state index >= 15 is 0 Å². The first-order chi connectivity index (χ1) is 4.75. The van der Waals surface area contributed by atoms with E-state index in [0.29, 0.717) is 16.6 Å². The molecule has 0 bridgehead atoms. The summed E-state index contributed by atoms with van der Waals surface area (Å²) in [6.45, 7) is 0. The van der Waals surface area contributed by atoms with Gasteiger partial charge in [-0.15, -0.1) is 0 Å². The van der Waals surface area contributed by atoms with Gasteiger partial charge in [0.1, 0.15) is 15.7 Å². The molecular weight excluding hydrogens is 140 g/mol. The SMILES string of the molecule is [B]c1cccc([B])c1NS. The van der Waals surface area contributed by atoms with Crippen LogP contribution in [0.3, 0.4) is 0 Å². The minimum absolute atomic E-state index is 0.606. The second kappa shape index (κ2) is 3.06. The Kier molecular flexibility index (Phi) is 2.33. The molecule has 46 valence electrons. The van der Waals surface area contributed by atoms with Crippen molar-refractivity contribution < 1.29 is 0 Å². The fourth-order valence-electron chi connectivity index (χ4n) is 0.718. The fraction of sp³-hybridized carbons (Fsp3) is 0. The fourth-order valence-corrected chi connectivity index (χ4v) is 0.976. The van der Waals surface area contributed by atoms with E-state index in [1.54, 1.807) is 18.2 Å². The number of para-hydroxylation sites is 1. The monoisotopic (exact) mass is 145 g/mol. The number of anilines is 1. The maximum Gasteiger partial charge on any atom is 0.116 e. The number of benzene rings is 1. The molecule has 0 unspecified atom stereocenters. The van der Waals surface area contributed by atoms with Crippen molar-refractivity contribution in [1.82, 2.24) is 0 Å². The zero-order valence-electron chi connectivity index (χ0n) is 5.33. The van der Waals surface area contributed by atoms with Crippen LogP contribution >= 0.6 is 12.8 Å². The highest BCUT2D eigenvalue weighted by atomic mass is 32.1. The van der Waals surface area contributed by atoms with E-state index in [1.165, 1.54) is 0 Å². The van der Waals surface area contributed by atoms with Gasteiger partial charge in [0.25, 0.3) is 0 Å². The molecule has 1 aromatic rings. The Hall–Kier alpha value is -0.500. The molecule has 0 fully saturated rings. The van der Waals surface area contributed by atoms with E-state index in [2.05, 4.69) is 17.5 Å². The highest BCUT2D eigenvalue weighted by molar-refractivity contribution is 7.81. The molecule has 4 radical (unpaired) electrons. The highest BCUT2D eigenvalue weighted by Crippen LogP contribution is 1.97. The lowest BCUT2D eigenvalue weighted by Gasteiger charge is -2.07. The maximum absolute atomic E-state index is 5.54. The van der Waals surface area contributed by atoms with Crippen molar-refractivity contribution in [2.75, 3.05) is 4.72 Å². The van der Waals surface area contributed by atoms with Gasteiger partial charge < -0.3 is 4.72 Å². The molecule has 1 aromatic carbocycles. The summed E-state index contributed by atoms with van der Waals surface area (Å²) in [4.78, 5) is 0. The van der Waals surface area contributed by atoms with E-state index in [1.807, 2.05) is 0 Å². The third-order valence-corrected chi connectivity index (χ3v) is 1.46. The van der Waals surface area contributed by atoms with E-state index in [0.717, 1.165) is 0 Å². The zero-order valence-corrected chi connectivity index (χ0v) is 6.23. The Labute approximate surface area is 68.6 Å². The first-order valence-corrected chi connectivity index (χ1v) is 3.24. The van der Waals surface area contributed by atoms with Crippen LogP contribution in [-0.4, -0.2) is 15.7 Å². The summed E-state index contributed by atoms with van der Waals surface area (Å²) in [5, 5.41) is 0. The molecule has 10 heavy (non-hydrogen) atoms. The summed E-state index contributed by atoms with van der Waals surface area (Å²) in [7, 11) is 11.1. The molecule has 0 atom stereocenters. The van der Waals surface area contributed by atoms with Crippen LogP contribution in [0.15, 0.2) is 18.2 Å². The van der Waals surface area contributed by atoms with E-state index in [9.17, 15) is 0 Å². The molecule has 1 N–H and O–H groups in total. The van der Waals surface area contributed by atoms with Crippen LogP contribution in [-0.2, 0) is 0 Å². The highest BCUT2D eigenvalue weighted by Gasteiger charge is 1.95. The molecule has 4 heteroatoms. The van der Waals surface area contributed by atoms with Gasteiger partial charge in [0.05, 0.1) is 0 Å². The standard InChI is InChI=1S/C6H5B2NS/c7-4-2-1-3-5(8)6(4)9-10/h1-3,9-10H. The molecule has 0 heterocycles. The number of thiol groups is 1. The van der Waals surface area contributed by atoms with Crippen LogP contribution in [0.4, 0.5) is 5.69 Å². The lowest BCUT2D eigenvalue weighted by atomic mass is 9.85. The van der Waals surface area contributed by atoms with Gasteiger partial charge in [0.15, 0.2) is 0 Å². The lowest BCUT2D eigenvalue weighted by molar-refractivity contribution is 1.80. The Morgan fingerprint density at radius 2 is 1.70 bits per heavy atom. The third kappa shape index (κ3) is 1.32. The number of rotatable bonds is 1. The molecule has 0 aromatic heterocycles. The second-order valence-corrected chi connectivity index (χ2v) is 2.15. The van der Waals surface area contributed by atoms with E-state index in [4.69, 9.17) is 15.7 Å². The van der Waals surface area contributed by atoms with Crippen molar-refractivity contribution in [3.63, 3.8) is 0 Å². The quantitative estimate of drug-likeness (QED) is 0.402. The van der Waals surface area contributed by atoms with Gasteiger partial charge in [-0.05, 0) is 0 Å². The van der Waals surface area contributed by atoms with Crippen molar-refractivity contribution in [3.8, 4) is 0 Å². The largest absolute Gasteiger partial charge is 0.333 e. The van der Waals surface area contributed by atoms with Crippen LogP contribution in [0.5, 0.6) is 0 Å². The molecular formula is C6H5B2NS. The summed E-state index contributed by atoms with van der Waals surface area (Å²) >= 11 is 3.84. The first kappa shape index (κ1) is 7.61. The smallest absolute Gasteiger partial charge is 0.116 e. The predicted octanol–water partition coefficient (Wildman–Crippen LogP) is -0.469. The average molecular weight is 145 g/mol. The summed E-state index contributed by atoms with van der Waals surface area (Å²) in [6.07, 6.45) is 0. The topological polar surface area (TPSA) is 12.0 Å². The molecule has 0 saturated heterocycles. The van der Waals surface area contributed by atoms with Gasteiger partial charge in [-0.3, -0.25) is 0 Å². The molecule has 0 aliphatic carbocycles. The van der Waals surface area contributed by atoms with Gasteiger partial charge in [0.2, 0.25) is 0 Å². The average Bonchev–Trinajstić information content (AvgIpc) is 1.88. The van der Waals surface area contributed by atoms with Gasteiger partial charge >= 0.3 is 0 Å². The van der Waals surface area contributed by atoms with Crippen LogP contribution in [0.1, 0.15) is 0 Å². The number of hydrogen-bond donors (Lipinski definition) is 2. The summed E-state index contributed by atoms with van der Waals surface area (Å²) in [5.74, 6) is 0. The van der Waals surface area contributed by atoms with Crippen LogP contribution in [0, 0.1) is 0 Å². The van der Waals surface area contributed by atoms with Gasteiger partial charge in [0, 0.05) is 5.69 Å². The first-order valence-electron chi connectivity index (χ1n) is 2.79. The van der Waals surface area contributed by atoms with Crippen molar-refractivity contribution in [2.24, 2.45) is 0 Å². The number of hydrogen-bond acceptors (Lipinski definition) is 2. The normalized spacial score (nSPS) is 9.30. The summed E-state index contributed by atoms with van der Waals surface area (Å²) in [6, 6.07) is 5.31. The second-order valence-electron chi connectivity index (χ2n) is 1.92. The van der Waals surface area contributed by atoms with E-state index in [-0.39, 0.29) is 0 Å². The minimum atomic E-state index is 0.606. The molecule has 1 nitrogen and oxygen atoms in total.